The van der Waals surface area contributed by atoms with E-state index in [0.717, 1.165) is 36.3 Å². The predicted octanol–water partition coefficient (Wildman–Crippen LogP) is 5.74. The number of hydrogen-bond donors (Lipinski definition) is 1. The van der Waals surface area contributed by atoms with Crippen LogP contribution in [-0.2, 0) is 0 Å². The molecule has 5 heteroatoms. The summed E-state index contributed by atoms with van der Waals surface area (Å²) >= 11 is 0. The molecule has 1 saturated heterocycles. The van der Waals surface area contributed by atoms with Crippen molar-refractivity contribution < 1.29 is 9.21 Å². The minimum atomic E-state index is -0.295. The summed E-state index contributed by atoms with van der Waals surface area (Å²) in [6.45, 7) is 2.06. The van der Waals surface area contributed by atoms with Crippen molar-refractivity contribution >= 4 is 17.3 Å². The van der Waals surface area contributed by atoms with Crippen LogP contribution in [0.15, 0.2) is 95.4 Å². The van der Waals surface area contributed by atoms with Crippen LogP contribution in [0, 0.1) is 11.8 Å². The summed E-state index contributed by atoms with van der Waals surface area (Å²) in [5, 5.41) is 2.90. The lowest BCUT2D eigenvalue weighted by atomic mass is 10.0. The van der Waals surface area contributed by atoms with Crippen LogP contribution in [0.4, 0.5) is 11.4 Å². The summed E-state index contributed by atoms with van der Waals surface area (Å²) in [5.74, 6) is 6.49. The minimum absolute atomic E-state index is 0.233. The maximum Gasteiger partial charge on any atom is 0.291 e. The molecule has 1 N–H and O–H groups in total. The quantitative estimate of drug-likeness (QED) is 0.374. The van der Waals surface area contributed by atoms with E-state index in [1.54, 1.807) is 12.1 Å². The zero-order valence-corrected chi connectivity index (χ0v) is 20.6. The number of anilines is 2. The van der Waals surface area contributed by atoms with Crippen molar-refractivity contribution in [2.24, 2.45) is 0 Å². The summed E-state index contributed by atoms with van der Waals surface area (Å²) in [6, 6.07) is 30.2. The predicted molar refractivity (Wildman–Crippen MR) is 145 cm³/mol. The van der Waals surface area contributed by atoms with Crippen LogP contribution >= 0.6 is 0 Å². The highest BCUT2D eigenvalue weighted by molar-refractivity contribution is 6.02. The van der Waals surface area contributed by atoms with Gasteiger partial charge in [-0.15, -0.1) is 0 Å². The molecule has 2 heterocycles. The lowest BCUT2D eigenvalue weighted by Gasteiger charge is -2.22. The summed E-state index contributed by atoms with van der Waals surface area (Å²) in [5.41, 5.74) is 5.10. The number of carbonyl (C=O) groups excluding carboxylic acids is 1. The molecule has 1 aliphatic rings. The normalized spacial score (nSPS) is 15.0. The number of furan rings is 1. The van der Waals surface area contributed by atoms with Crippen LogP contribution in [0.2, 0.25) is 0 Å². The summed E-state index contributed by atoms with van der Waals surface area (Å²) in [6.07, 6.45) is 1.16. The first-order valence-electron chi connectivity index (χ1n) is 12.2. The second kappa shape index (κ2) is 10.6. The monoisotopic (exact) mass is 475 g/mol. The van der Waals surface area contributed by atoms with Crippen LogP contribution in [0.5, 0.6) is 0 Å². The van der Waals surface area contributed by atoms with E-state index in [0.29, 0.717) is 11.8 Å². The molecule has 1 amide bonds. The van der Waals surface area contributed by atoms with Gasteiger partial charge in [-0.2, -0.15) is 0 Å². The highest BCUT2D eigenvalue weighted by Gasteiger charge is 2.24. The van der Waals surface area contributed by atoms with Crippen molar-refractivity contribution in [2.45, 2.75) is 12.5 Å². The molecule has 1 atom stereocenters. The number of nitrogens with one attached hydrogen (secondary N) is 1. The Kier molecular flexibility index (Phi) is 6.88. The third kappa shape index (κ3) is 5.51. The van der Waals surface area contributed by atoms with Crippen molar-refractivity contribution in [1.29, 1.82) is 0 Å². The Bertz CT molecular complexity index is 1380. The van der Waals surface area contributed by atoms with E-state index in [9.17, 15) is 4.79 Å². The molecule has 3 aromatic carbocycles. The minimum Gasteiger partial charge on any atom is -0.443 e. The van der Waals surface area contributed by atoms with Gasteiger partial charge >= 0.3 is 0 Å². The Morgan fingerprint density at radius 3 is 2.31 bits per heavy atom. The highest BCUT2D eigenvalue weighted by Crippen LogP contribution is 2.24. The first-order chi connectivity index (χ1) is 17.5. The molecule has 1 fully saturated rings. The van der Waals surface area contributed by atoms with Gasteiger partial charge in [-0.3, -0.25) is 4.79 Å². The molecule has 0 radical (unpaired) electrons. The van der Waals surface area contributed by atoms with Gasteiger partial charge in [-0.05, 0) is 86.1 Å². The number of hydrogen-bond acceptors (Lipinski definition) is 4. The molecule has 1 aromatic heterocycles. The van der Waals surface area contributed by atoms with E-state index >= 15 is 0 Å². The SMILES string of the molecule is CN(C)C1CCN(c2ccc(NC(=O)c3ccc(C#Cc4ccc(-c5ccccc5)cc4)o3)cc2)C1. The average Bonchev–Trinajstić information content (AvgIpc) is 3.60. The highest BCUT2D eigenvalue weighted by atomic mass is 16.3. The van der Waals surface area contributed by atoms with Crippen molar-refractivity contribution in [2.75, 3.05) is 37.4 Å². The summed E-state index contributed by atoms with van der Waals surface area (Å²) < 4.78 is 5.67. The van der Waals surface area contributed by atoms with Crippen LogP contribution in [-0.4, -0.2) is 44.0 Å². The molecule has 0 aliphatic carbocycles. The molecule has 180 valence electrons. The fraction of sp³-hybridized carbons (Fsp3) is 0.194. The van der Waals surface area contributed by atoms with Crippen molar-refractivity contribution in [3.05, 3.63) is 108 Å². The Morgan fingerprint density at radius 1 is 0.889 bits per heavy atom. The van der Waals surface area contributed by atoms with E-state index in [-0.39, 0.29) is 11.7 Å². The van der Waals surface area contributed by atoms with Crippen molar-refractivity contribution in [3.63, 3.8) is 0 Å². The number of likely N-dealkylation sites (N-methyl/N-ethyl adjacent to an activating group) is 1. The van der Waals surface area contributed by atoms with Gasteiger partial charge in [0, 0.05) is 36.1 Å². The van der Waals surface area contributed by atoms with Gasteiger partial charge in [0.2, 0.25) is 0 Å². The van der Waals surface area contributed by atoms with Crippen molar-refractivity contribution in [3.8, 4) is 23.0 Å². The van der Waals surface area contributed by atoms with E-state index in [4.69, 9.17) is 4.42 Å². The second-order valence-electron chi connectivity index (χ2n) is 9.21. The first-order valence-corrected chi connectivity index (χ1v) is 12.2. The number of rotatable bonds is 5. The largest absolute Gasteiger partial charge is 0.443 e. The van der Waals surface area contributed by atoms with Gasteiger partial charge < -0.3 is 19.5 Å². The zero-order chi connectivity index (χ0) is 24.9. The number of benzene rings is 3. The van der Waals surface area contributed by atoms with E-state index in [2.05, 4.69) is 77.5 Å². The molecule has 0 saturated carbocycles. The van der Waals surface area contributed by atoms with Crippen LogP contribution in [0.1, 0.15) is 28.3 Å². The van der Waals surface area contributed by atoms with Gasteiger partial charge in [-0.1, -0.05) is 48.4 Å². The van der Waals surface area contributed by atoms with Crippen LogP contribution < -0.4 is 10.2 Å². The summed E-state index contributed by atoms with van der Waals surface area (Å²) in [7, 11) is 4.25. The molecular formula is C31H29N3O2. The first kappa shape index (κ1) is 23.5. The maximum atomic E-state index is 12.7. The van der Waals surface area contributed by atoms with Crippen LogP contribution in [0.25, 0.3) is 11.1 Å². The van der Waals surface area contributed by atoms with Crippen LogP contribution in [0.3, 0.4) is 0 Å². The molecule has 5 rings (SSSR count). The summed E-state index contributed by atoms with van der Waals surface area (Å²) in [4.78, 5) is 17.3. The third-order valence-electron chi connectivity index (χ3n) is 6.54. The van der Waals surface area contributed by atoms with Gasteiger partial charge in [0.05, 0.1) is 0 Å². The Balaban J connectivity index is 1.18. The van der Waals surface area contributed by atoms with Crippen molar-refractivity contribution in [1.82, 2.24) is 4.90 Å². The third-order valence-corrected chi connectivity index (χ3v) is 6.54. The van der Waals surface area contributed by atoms with Gasteiger partial charge in [0.15, 0.2) is 11.5 Å². The maximum absolute atomic E-state index is 12.7. The van der Waals surface area contributed by atoms with Gasteiger partial charge in [0.1, 0.15) is 0 Å². The number of amides is 1. The second-order valence-corrected chi connectivity index (χ2v) is 9.21. The Morgan fingerprint density at radius 2 is 1.61 bits per heavy atom. The molecule has 36 heavy (non-hydrogen) atoms. The molecule has 0 bridgehead atoms. The topological polar surface area (TPSA) is 48.7 Å². The molecule has 0 spiro atoms. The molecule has 5 nitrogen and oxygen atoms in total. The Hall–Kier alpha value is -4.27. The van der Waals surface area contributed by atoms with E-state index in [1.807, 2.05) is 42.5 Å². The lowest BCUT2D eigenvalue weighted by molar-refractivity contribution is 0.0996. The molecule has 1 unspecified atom stereocenters. The van der Waals surface area contributed by atoms with E-state index < -0.39 is 0 Å². The fourth-order valence-corrected chi connectivity index (χ4v) is 4.38. The fourth-order valence-electron chi connectivity index (χ4n) is 4.38. The van der Waals surface area contributed by atoms with E-state index in [1.165, 1.54) is 11.3 Å². The van der Waals surface area contributed by atoms with Gasteiger partial charge in [0.25, 0.3) is 5.91 Å². The molecular weight excluding hydrogens is 446 g/mol. The molecule has 1 aliphatic heterocycles. The molecule has 4 aromatic rings. The Labute approximate surface area is 212 Å². The standard InChI is InChI=1S/C31H29N3O2/c1-33(2)28-20-21-34(22-28)27-15-13-26(14-16-27)32-31(35)30-19-18-29(36-30)17-10-23-8-11-25(12-9-23)24-6-4-3-5-7-24/h3-9,11-16,18-19,28H,20-22H2,1-2H3,(H,32,35). The van der Waals surface area contributed by atoms with Gasteiger partial charge in [-0.25, -0.2) is 0 Å². The average molecular weight is 476 g/mol. The zero-order valence-electron chi connectivity index (χ0n) is 20.6. The smallest absolute Gasteiger partial charge is 0.291 e. The lowest BCUT2D eigenvalue weighted by Crippen LogP contribution is -2.31. The number of carbonyl (C=O) groups is 1. The number of nitrogens with zero attached hydrogens (tertiary/aromatic N) is 2.